The van der Waals surface area contributed by atoms with Crippen molar-refractivity contribution in [1.29, 1.82) is 0 Å². The molecule has 0 saturated carbocycles. The Morgan fingerprint density at radius 1 is 1.33 bits per heavy atom. The van der Waals surface area contributed by atoms with Gasteiger partial charge in [-0.3, -0.25) is 13.9 Å². The molecule has 0 unspecified atom stereocenters. The molecule has 0 spiro atoms. The molecule has 0 aliphatic heterocycles. The minimum atomic E-state index is -0.453. The molecule has 1 aromatic heterocycles. The van der Waals surface area contributed by atoms with Gasteiger partial charge in [0.15, 0.2) is 0 Å². The predicted octanol–water partition coefficient (Wildman–Crippen LogP) is 0.216. The zero-order valence-corrected chi connectivity index (χ0v) is 13.4. The third kappa shape index (κ3) is 3.87. The van der Waals surface area contributed by atoms with Gasteiger partial charge in [-0.15, -0.1) is 0 Å². The molecule has 7 nitrogen and oxygen atoms in total. The lowest BCUT2D eigenvalue weighted by molar-refractivity contribution is 0.171. The van der Waals surface area contributed by atoms with Crippen LogP contribution in [-0.4, -0.2) is 27.4 Å². The Morgan fingerprint density at radius 3 is 2.38 bits per heavy atom. The van der Waals surface area contributed by atoms with Gasteiger partial charge in [0.05, 0.1) is 0 Å². The molecule has 0 radical (unpaired) electrons. The molecule has 0 fully saturated rings. The average molecular weight is 298 g/mol. The lowest BCUT2D eigenvalue weighted by Gasteiger charge is -2.24. The van der Waals surface area contributed by atoms with E-state index in [9.17, 15) is 14.7 Å². The van der Waals surface area contributed by atoms with E-state index < -0.39 is 16.7 Å². The van der Waals surface area contributed by atoms with Crippen LogP contribution in [0.1, 0.15) is 27.7 Å². The maximum Gasteiger partial charge on any atom is 0.332 e. The van der Waals surface area contributed by atoms with E-state index in [0.717, 1.165) is 4.57 Å². The van der Waals surface area contributed by atoms with Crippen molar-refractivity contribution < 1.29 is 5.11 Å². The van der Waals surface area contributed by atoms with Crippen LogP contribution in [0.5, 0.6) is 0 Å². The Kier molecular flexibility index (Phi) is 5.22. The summed E-state index contributed by atoms with van der Waals surface area (Å²) in [5.41, 5.74) is 4.94. The number of anilines is 2. The molecular formula is C14H26N4O3. The summed E-state index contributed by atoms with van der Waals surface area (Å²) in [7, 11) is 1.43. The fraction of sp³-hybridized carbons (Fsp3) is 0.714. The Morgan fingerprint density at radius 2 is 1.90 bits per heavy atom. The van der Waals surface area contributed by atoms with Crippen LogP contribution >= 0.6 is 0 Å². The number of nitrogen functional groups attached to an aromatic ring is 1. The van der Waals surface area contributed by atoms with Crippen molar-refractivity contribution in [3.8, 4) is 0 Å². The van der Waals surface area contributed by atoms with Crippen LogP contribution in [-0.2, 0) is 13.6 Å². The van der Waals surface area contributed by atoms with Gasteiger partial charge >= 0.3 is 5.69 Å². The van der Waals surface area contributed by atoms with Gasteiger partial charge in [-0.05, 0) is 5.92 Å². The van der Waals surface area contributed by atoms with E-state index in [0.29, 0.717) is 13.1 Å². The van der Waals surface area contributed by atoms with Gasteiger partial charge in [0.1, 0.15) is 11.5 Å². The molecule has 0 amide bonds. The molecule has 7 heteroatoms. The molecule has 1 rings (SSSR count). The van der Waals surface area contributed by atoms with Crippen LogP contribution in [0.4, 0.5) is 11.5 Å². The highest BCUT2D eigenvalue weighted by molar-refractivity contribution is 5.60. The van der Waals surface area contributed by atoms with E-state index in [-0.39, 0.29) is 24.0 Å². The van der Waals surface area contributed by atoms with Gasteiger partial charge in [0.25, 0.3) is 5.56 Å². The lowest BCUT2D eigenvalue weighted by atomic mass is 9.95. The molecule has 120 valence electrons. The minimum Gasteiger partial charge on any atom is -0.396 e. The van der Waals surface area contributed by atoms with Crippen molar-refractivity contribution in [3.05, 3.63) is 20.8 Å². The topological polar surface area (TPSA) is 102 Å². The van der Waals surface area contributed by atoms with Crippen molar-refractivity contribution in [2.75, 3.05) is 24.2 Å². The molecule has 0 saturated heterocycles. The number of hydrogen-bond donors (Lipinski definition) is 3. The molecule has 0 bridgehead atoms. The van der Waals surface area contributed by atoms with E-state index in [4.69, 9.17) is 5.73 Å². The molecule has 1 heterocycles. The predicted molar refractivity (Wildman–Crippen MR) is 84.5 cm³/mol. The van der Waals surface area contributed by atoms with Crippen LogP contribution in [0, 0.1) is 11.3 Å². The molecular weight excluding hydrogens is 272 g/mol. The van der Waals surface area contributed by atoms with Crippen LogP contribution < -0.4 is 22.3 Å². The number of rotatable bonds is 6. The number of nitrogens with zero attached hydrogens (tertiary/aromatic N) is 2. The second-order valence-corrected chi connectivity index (χ2v) is 6.59. The van der Waals surface area contributed by atoms with Gasteiger partial charge < -0.3 is 16.2 Å². The minimum absolute atomic E-state index is 0.0220. The summed E-state index contributed by atoms with van der Waals surface area (Å²) in [6, 6.07) is 0. The zero-order chi connectivity index (χ0) is 16.4. The molecule has 1 aromatic rings. The fourth-order valence-electron chi connectivity index (χ4n) is 1.87. The summed E-state index contributed by atoms with van der Waals surface area (Å²) in [5, 5.41) is 12.2. The highest BCUT2D eigenvalue weighted by Gasteiger charge is 2.20. The summed E-state index contributed by atoms with van der Waals surface area (Å²) in [6.45, 7) is 8.47. The number of aliphatic hydroxyl groups is 1. The second kappa shape index (κ2) is 6.34. The normalized spacial score (nSPS) is 12.0. The van der Waals surface area contributed by atoms with Crippen molar-refractivity contribution in [2.45, 2.75) is 34.2 Å². The first-order chi connectivity index (χ1) is 9.60. The van der Waals surface area contributed by atoms with Crippen LogP contribution in [0.3, 0.4) is 0 Å². The maximum absolute atomic E-state index is 12.2. The van der Waals surface area contributed by atoms with Crippen LogP contribution in [0.2, 0.25) is 0 Å². The fourth-order valence-corrected chi connectivity index (χ4v) is 1.87. The smallest absolute Gasteiger partial charge is 0.332 e. The number of hydrogen-bond acceptors (Lipinski definition) is 5. The standard InChI is InChI=1S/C14H26N4O3/c1-9(2)6-18-11(15)10(12(20)17(5)13(18)21)16-7-14(3,4)8-19/h9,16,19H,6-8,15H2,1-5H3. The first-order valence-electron chi connectivity index (χ1n) is 7.04. The Bertz CT molecular complexity index is 614. The number of aromatic nitrogens is 2. The summed E-state index contributed by atoms with van der Waals surface area (Å²) < 4.78 is 2.45. The SMILES string of the molecule is CC(C)Cn1c(N)c(NCC(C)(C)CO)c(=O)n(C)c1=O. The number of nitrogens with two attached hydrogens (primary N) is 1. The monoisotopic (exact) mass is 298 g/mol. The van der Waals surface area contributed by atoms with E-state index in [1.165, 1.54) is 11.6 Å². The number of nitrogens with one attached hydrogen (secondary N) is 1. The highest BCUT2D eigenvalue weighted by Crippen LogP contribution is 2.17. The molecule has 21 heavy (non-hydrogen) atoms. The second-order valence-electron chi connectivity index (χ2n) is 6.59. The Balaban J connectivity index is 3.29. The van der Waals surface area contributed by atoms with Gasteiger partial charge in [0.2, 0.25) is 0 Å². The van der Waals surface area contributed by atoms with Crippen LogP contribution in [0.25, 0.3) is 0 Å². The van der Waals surface area contributed by atoms with E-state index in [2.05, 4.69) is 5.32 Å². The summed E-state index contributed by atoms with van der Waals surface area (Å²) in [4.78, 5) is 24.3. The highest BCUT2D eigenvalue weighted by atomic mass is 16.3. The summed E-state index contributed by atoms with van der Waals surface area (Å²) >= 11 is 0. The molecule has 0 aliphatic rings. The van der Waals surface area contributed by atoms with Gasteiger partial charge in [-0.2, -0.15) is 0 Å². The van der Waals surface area contributed by atoms with Gasteiger partial charge in [-0.25, -0.2) is 4.79 Å². The average Bonchev–Trinajstić information content (AvgIpc) is 2.41. The van der Waals surface area contributed by atoms with E-state index in [1.807, 2.05) is 27.7 Å². The first kappa shape index (κ1) is 17.3. The maximum atomic E-state index is 12.2. The zero-order valence-electron chi connectivity index (χ0n) is 13.4. The molecule has 4 N–H and O–H groups in total. The van der Waals surface area contributed by atoms with Crippen molar-refractivity contribution in [1.82, 2.24) is 9.13 Å². The third-order valence-corrected chi connectivity index (χ3v) is 3.30. The van der Waals surface area contributed by atoms with Crippen molar-refractivity contribution >= 4 is 11.5 Å². The van der Waals surface area contributed by atoms with Crippen LogP contribution in [0.15, 0.2) is 9.59 Å². The van der Waals surface area contributed by atoms with E-state index >= 15 is 0 Å². The van der Waals surface area contributed by atoms with Gasteiger partial charge in [0, 0.05) is 32.2 Å². The largest absolute Gasteiger partial charge is 0.396 e. The van der Waals surface area contributed by atoms with Crippen molar-refractivity contribution in [2.24, 2.45) is 18.4 Å². The molecule has 0 atom stereocenters. The first-order valence-corrected chi connectivity index (χ1v) is 7.04. The molecule has 0 aliphatic carbocycles. The lowest BCUT2D eigenvalue weighted by Crippen LogP contribution is -2.42. The Hall–Kier alpha value is -1.76. The summed E-state index contributed by atoms with van der Waals surface area (Å²) in [6.07, 6.45) is 0. The van der Waals surface area contributed by atoms with E-state index in [1.54, 1.807) is 0 Å². The van der Waals surface area contributed by atoms with Crippen molar-refractivity contribution in [3.63, 3.8) is 0 Å². The Labute approximate surface area is 124 Å². The molecule has 0 aromatic carbocycles. The summed E-state index contributed by atoms with van der Waals surface area (Å²) in [5.74, 6) is 0.370. The van der Waals surface area contributed by atoms with Gasteiger partial charge in [-0.1, -0.05) is 27.7 Å². The number of aliphatic hydroxyl groups excluding tert-OH is 1. The quantitative estimate of drug-likeness (QED) is 0.697. The third-order valence-electron chi connectivity index (χ3n) is 3.30.